The lowest BCUT2D eigenvalue weighted by molar-refractivity contribution is -0.117. The molecule has 3 aromatic rings. The van der Waals surface area contributed by atoms with Crippen LogP contribution in [0.4, 0.5) is 5.69 Å². The molecule has 0 aliphatic carbocycles. The van der Waals surface area contributed by atoms with Gasteiger partial charge in [-0.15, -0.1) is 11.3 Å². The third-order valence-electron chi connectivity index (χ3n) is 3.77. The van der Waals surface area contributed by atoms with Crippen LogP contribution in [0.1, 0.15) is 17.2 Å². The molecule has 0 radical (unpaired) electrons. The lowest BCUT2D eigenvalue weighted by atomic mass is 10.1. The van der Waals surface area contributed by atoms with E-state index in [1.54, 1.807) is 36.4 Å². The van der Waals surface area contributed by atoms with Crippen LogP contribution in [-0.2, 0) is 14.8 Å². The molecule has 0 saturated heterocycles. The summed E-state index contributed by atoms with van der Waals surface area (Å²) in [6.45, 7) is 1.92. The number of aryl methyl sites for hydroxylation is 1. The van der Waals surface area contributed by atoms with Crippen molar-refractivity contribution in [3.8, 4) is 0 Å². The van der Waals surface area contributed by atoms with Crippen LogP contribution in [0, 0.1) is 6.92 Å². The third kappa shape index (κ3) is 5.04. The first kappa shape index (κ1) is 19.8. The van der Waals surface area contributed by atoms with Gasteiger partial charge in [0, 0.05) is 5.69 Å². The molecule has 0 bridgehead atoms. The predicted octanol–water partition coefficient (Wildman–Crippen LogP) is 4.48. The number of benzene rings is 2. The molecule has 27 heavy (non-hydrogen) atoms. The summed E-state index contributed by atoms with van der Waals surface area (Å²) >= 11 is 4.35. The summed E-state index contributed by atoms with van der Waals surface area (Å²) in [6.07, 6.45) is 0. The number of anilines is 1. The summed E-state index contributed by atoms with van der Waals surface area (Å²) in [5, 5.41) is 2.79. The molecular weight excluding hydrogens is 448 g/mol. The molecule has 8 heteroatoms. The van der Waals surface area contributed by atoms with Gasteiger partial charge in [0.1, 0.15) is 10.3 Å². The average molecular weight is 465 g/mol. The van der Waals surface area contributed by atoms with Crippen LogP contribution in [0.3, 0.4) is 0 Å². The van der Waals surface area contributed by atoms with Crippen LogP contribution in [0.5, 0.6) is 0 Å². The molecule has 0 fully saturated rings. The lowest BCUT2D eigenvalue weighted by Crippen LogP contribution is -2.36. The van der Waals surface area contributed by atoms with E-state index in [9.17, 15) is 13.2 Å². The van der Waals surface area contributed by atoms with Gasteiger partial charge in [-0.05, 0) is 58.2 Å². The highest BCUT2D eigenvalue weighted by molar-refractivity contribution is 9.11. The van der Waals surface area contributed by atoms with Crippen LogP contribution in [0.2, 0.25) is 0 Å². The Hall–Kier alpha value is -2.00. The van der Waals surface area contributed by atoms with E-state index in [4.69, 9.17) is 0 Å². The predicted molar refractivity (Wildman–Crippen MR) is 111 cm³/mol. The monoisotopic (exact) mass is 464 g/mol. The topological polar surface area (TPSA) is 75.3 Å². The second-order valence-corrected chi connectivity index (χ2v) is 10.3. The van der Waals surface area contributed by atoms with Gasteiger partial charge in [-0.1, -0.05) is 42.5 Å². The molecule has 0 aliphatic heterocycles. The summed E-state index contributed by atoms with van der Waals surface area (Å²) in [6, 6.07) is 18.2. The Morgan fingerprint density at radius 2 is 1.78 bits per heavy atom. The molecule has 2 N–H and O–H groups in total. The van der Waals surface area contributed by atoms with E-state index in [0.717, 1.165) is 16.9 Å². The Balaban J connectivity index is 1.91. The zero-order valence-corrected chi connectivity index (χ0v) is 17.6. The van der Waals surface area contributed by atoms with Crippen LogP contribution in [0.15, 0.2) is 74.7 Å². The first-order chi connectivity index (χ1) is 12.8. The molecule has 3 rings (SSSR count). The number of nitrogens with one attached hydrogen (secondary N) is 2. The van der Waals surface area contributed by atoms with Gasteiger partial charge in [-0.25, -0.2) is 8.42 Å². The second kappa shape index (κ2) is 8.35. The fraction of sp³-hybridized carbons (Fsp3) is 0.105. The van der Waals surface area contributed by atoms with Crippen molar-refractivity contribution in [1.82, 2.24) is 4.72 Å². The van der Waals surface area contributed by atoms with Gasteiger partial charge in [0.15, 0.2) is 0 Å². The van der Waals surface area contributed by atoms with Gasteiger partial charge < -0.3 is 5.32 Å². The van der Waals surface area contributed by atoms with E-state index >= 15 is 0 Å². The maximum absolute atomic E-state index is 12.9. The number of amides is 1. The molecular formula is C19H17BrN2O3S2. The quantitative estimate of drug-likeness (QED) is 0.564. The smallest absolute Gasteiger partial charge is 0.251 e. The Labute approximate surface area is 170 Å². The Bertz CT molecular complexity index is 1050. The zero-order valence-electron chi connectivity index (χ0n) is 14.3. The molecule has 5 nitrogen and oxygen atoms in total. The minimum Gasteiger partial charge on any atom is -0.324 e. The number of hydrogen-bond acceptors (Lipinski definition) is 4. The van der Waals surface area contributed by atoms with Gasteiger partial charge in [0.2, 0.25) is 5.91 Å². The van der Waals surface area contributed by atoms with E-state index in [1.807, 2.05) is 31.2 Å². The molecule has 1 atom stereocenters. The van der Waals surface area contributed by atoms with Crippen molar-refractivity contribution in [2.45, 2.75) is 17.2 Å². The van der Waals surface area contributed by atoms with Crippen LogP contribution >= 0.6 is 27.3 Å². The first-order valence-corrected chi connectivity index (χ1v) is 11.1. The van der Waals surface area contributed by atoms with Crippen molar-refractivity contribution in [3.05, 3.63) is 81.6 Å². The largest absolute Gasteiger partial charge is 0.324 e. The second-order valence-electron chi connectivity index (χ2n) is 5.88. The van der Waals surface area contributed by atoms with E-state index < -0.39 is 22.0 Å². The molecule has 0 spiro atoms. The minimum absolute atomic E-state index is 0.138. The standard InChI is InChI=1S/C19H17BrN2O3S2/c1-13-6-5-9-15(12-13)21-19(23)18(14-7-3-2-4-8-14)22-27(24,25)17-11-10-16(20)26-17/h2-12,18,22H,1H3,(H,21,23)/t18-/m1/s1. The lowest BCUT2D eigenvalue weighted by Gasteiger charge is -2.18. The molecule has 1 heterocycles. The number of carbonyl (C=O) groups is 1. The van der Waals surface area contributed by atoms with Crippen LogP contribution in [-0.4, -0.2) is 14.3 Å². The van der Waals surface area contributed by atoms with Crippen LogP contribution < -0.4 is 10.0 Å². The number of hydrogen-bond donors (Lipinski definition) is 2. The van der Waals surface area contributed by atoms with E-state index in [0.29, 0.717) is 15.0 Å². The highest BCUT2D eigenvalue weighted by atomic mass is 79.9. The van der Waals surface area contributed by atoms with Crippen molar-refractivity contribution in [3.63, 3.8) is 0 Å². The molecule has 140 valence electrons. The number of rotatable bonds is 6. The van der Waals surface area contributed by atoms with Gasteiger partial charge in [-0.3, -0.25) is 4.79 Å². The number of carbonyl (C=O) groups excluding carboxylic acids is 1. The summed E-state index contributed by atoms with van der Waals surface area (Å²) in [7, 11) is -3.85. The highest BCUT2D eigenvalue weighted by Gasteiger charge is 2.28. The van der Waals surface area contributed by atoms with E-state index in [-0.39, 0.29) is 4.21 Å². The molecule has 1 aromatic heterocycles. The number of thiophene rings is 1. The van der Waals surface area contributed by atoms with Gasteiger partial charge in [0.25, 0.3) is 10.0 Å². The fourth-order valence-electron chi connectivity index (χ4n) is 2.51. The minimum atomic E-state index is -3.85. The van der Waals surface area contributed by atoms with Crippen molar-refractivity contribution in [2.24, 2.45) is 0 Å². The van der Waals surface area contributed by atoms with Crippen molar-refractivity contribution in [1.29, 1.82) is 0 Å². The zero-order chi connectivity index (χ0) is 19.4. The van der Waals surface area contributed by atoms with Gasteiger partial charge >= 0.3 is 0 Å². The Kier molecular flexibility index (Phi) is 6.11. The number of halogens is 1. The molecule has 0 unspecified atom stereocenters. The molecule has 0 aliphatic rings. The van der Waals surface area contributed by atoms with E-state index in [2.05, 4.69) is 26.0 Å². The normalized spacial score (nSPS) is 12.5. The van der Waals surface area contributed by atoms with Crippen molar-refractivity contribution < 1.29 is 13.2 Å². The summed E-state index contributed by atoms with van der Waals surface area (Å²) < 4.78 is 28.8. The highest BCUT2D eigenvalue weighted by Crippen LogP contribution is 2.27. The maximum Gasteiger partial charge on any atom is 0.251 e. The van der Waals surface area contributed by atoms with Gasteiger partial charge in [-0.2, -0.15) is 4.72 Å². The summed E-state index contributed by atoms with van der Waals surface area (Å²) in [5.74, 6) is -0.453. The van der Waals surface area contributed by atoms with Crippen molar-refractivity contribution >= 4 is 48.9 Å². The van der Waals surface area contributed by atoms with Crippen molar-refractivity contribution in [2.75, 3.05) is 5.32 Å². The van der Waals surface area contributed by atoms with Gasteiger partial charge in [0.05, 0.1) is 3.79 Å². The Morgan fingerprint density at radius 3 is 2.41 bits per heavy atom. The molecule has 1 amide bonds. The third-order valence-corrected chi connectivity index (χ3v) is 7.31. The fourth-order valence-corrected chi connectivity index (χ4v) is 5.72. The Morgan fingerprint density at radius 1 is 1.04 bits per heavy atom. The summed E-state index contributed by atoms with van der Waals surface area (Å²) in [4.78, 5) is 12.9. The van der Waals surface area contributed by atoms with Crippen LogP contribution in [0.25, 0.3) is 0 Å². The van der Waals surface area contributed by atoms with E-state index in [1.165, 1.54) is 6.07 Å². The first-order valence-electron chi connectivity index (χ1n) is 8.05. The molecule has 0 saturated carbocycles. The maximum atomic E-state index is 12.9. The average Bonchev–Trinajstić information content (AvgIpc) is 3.08. The summed E-state index contributed by atoms with van der Waals surface area (Å²) in [5.41, 5.74) is 2.16. The molecule has 2 aromatic carbocycles. The number of sulfonamides is 1. The SMILES string of the molecule is Cc1cccc(NC(=O)[C@H](NS(=O)(=O)c2ccc(Br)s2)c2ccccc2)c1.